The van der Waals surface area contributed by atoms with E-state index in [2.05, 4.69) is 18.7 Å². The van der Waals surface area contributed by atoms with Gasteiger partial charge in [-0.15, -0.1) is 0 Å². The number of nitrogens with two attached hydrogens (primary N) is 1. The maximum Gasteiger partial charge on any atom is 0.128 e. The van der Waals surface area contributed by atoms with Crippen molar-refractivity contribution < 1.29 is 4.39 Å². The molecule has 3 heteroatoms. The Morgan fingerprint density at radius 1 is 1.35 bits per heavy atom. The fraction of sp³-hybridized carbons (Fsp3) is 0.647. The lowest BCUT2D eigenvalue weighted by Crippen LogP contribution is -2.39. The molecule has 0 aromatic heterocycles. The normalized spacial score (nSPS) is 19.9. The summed E-state index contributed by atoms with van der Waals surface area (Å²) < 4.78 is 14.1. The zero-order valence-corrected chi connectivity index (χ0v) is 13.0. The SMILES string of the molecule is CCC1(C)CCN(c2cccc(F)c2CC(C)N)CC1. The van der Waals surface area contributed by atoms with Gasteiger partial charge in [0.05, 0.1) is 0 Å². The summed E-state index contributed by atoms with van der Waals surface area (Å²) >= 11 is 0. The molecule has 0 saturated carbocycles. The average molecular weight is 278 g/mol. The Morgan fingerprint density at radius 3 is 2.55 bits per heavy atom. The Labute approximate surface area is 122 Å². The molecule has 0 aliphatic carbocycles. The Morgan fingerprint density at radius 2 is 2.00 bits per heavy atom. The number of rotatable bonds is 4. The Bertz CT molecular complexity index is 448. The lowest BCUT2D eigenvalue weighted by molar-refractivity contribution is 0.238. The van der Waals surface area contributed by atoms with Gasteiger partial charge in [-0.05, 0) is 43.7 Å². The maximum absolute atomic E-state index is 14.1. The molecule has 1 fully saturated rings. The van der Waals surface area contributed by atoms with Gasteiger partial charge in [-0.2, -0.15) is 0 Å². The van der Waals surface area contributed by atoms with Crippen LogP contribution in [-0.4, -0.2) is 19.1 Å². The molecule has 0 amide bonds. The van der Waals surface area contributed by atoms with Crippen LogP contribution in [0.4, 0.5) is 10.1 Å². The second kappa shape index (κ2) is 6.13. The van der Waals surface area contributed by atoms with Gasteiger partial charge >= 0.3 is 0 Å². The minimum Gasteiger partial charge on any atom is -0.371 e. The van der Waals surface area contributed by atoms with E-state index in [4.69, 9.17) is 5.73 Å². The van der Waals surface area contributed by atoms with Crippen LogP contribution in [0.3, 0.4) is 0 Å². The highest BCUT2D eigenvalue weighted by molar-refractivity contribution is 5.55. The van der Waals surface area contributed by atoms with Crippen molar-refractivity contribution in [2.45, 2.75) is 52.5 Å². The molecule has 1 aliphatic rings. The van der Waals surface area contributed by atoms with E-state index >= 15 is 0 Å². The fourth-order valence-corrected chi connectivity index (χ4v) is 3.01. The monoisotopic (exact) mass is 278 g/mol. The number of halogens is 1. The van der Waals surface area contributed by atoms with Gasteiger partial charge in [0.25, 0.3) is 0 Å². The molecule has 0 spiro atoms. The molecule has 1 aromatic rings. The highest BCUT2D eigenvalue weighted by Gasteiger charge is 2.29. The molecule has 0 radical (unpaired) electrons. The Hall–Kier alpha value is -1.09. The highest BCUT2D eigenvalue weighted by Crippen LogP contribution is 2.37. The molecule has 2 N–H and O–H groups in total. The van der Waals surface area contributed by atoms with Crippen molar-refractivity contribution in [3.05, 3.63) is 29.6 Å². The largest absolute Gasteiger partial charge is 0.371 e. The number of anilines is 1. The first-order chi connectivity index (χ1) is 9.45. The zero-order chi connectivity index (χ0) is 14.8. The van der Waals surface area contributed by atoms with Crippen molar-refractivity contribution in [3.63, 3.8) is 0 Å². The van der Waals surface area contributed by atoms with Crippen LogP contribution in [0.25, 0.3) is 0 Å². The summed E-state index contributed by atoms with van der Waals surface area (Å²) in [7, 11) is 0. The van der Waals surface area contributed by atoms with Crippen molar-refractivity contribution in [3.8, 4) is 0 Å². The third-order valence-corrected chi connectivity index (χ3v) is 4.79. The van der Waals surface area contributed by atoms with Gasteiger partial charge in [0, 0.05) is 30.4 Å². The van der Waals surface area contributed by atoms with Crippen LogP contribution < -0.4 is 10.6 Å². The van der Waals surface area contributed by atoms with Gasteiger partial charge in [0.15, 0.2) is 0 Å². The number of hydrogen-bond acceptors (Lipinski definition) is 2. The summed E-state index contributed by atoms with van der Waals surface area (Å²) in [4.78, 5) is 2.33. The van der Waals surface area contributed by atoms with E-state index in [9.17, 15) is 4.39 Å². The average Bonchev–Trinajstić information content (AvgIpc) is 2.42. The molecule has 2 nitrogen and oxygen atoms in total. The predicted octanol–water partition coefficient (Wildman–Crippen LogP) is 3.73. The van der Waals surface area contributed by atoms with Crippen LogP contribution in [0.15, 0.2) is 18.2 Å². The van der Waals surface area contributed by atoms with Gasteiger partial charge in [0.2, 0.25) is 0 Å². The molecule has 20 heavy (non-hydrogen) atoms. The van der Waals surface area contributed by atoms with Crippen LogP contribution in [-0.2, 0) is 6.42 Å². The molecule has 2 rings (SSSR count). The van der Waals surface area contributed by atoms with E-state index in [1.54, 1.807) is 6.07 Å². The molecule has 1 aliphatic heterocycles. The molecule has 112 valence electrons. The Balaban J connectivity index is 2.19. The van der Waals surface area contributed by atoms with Crippen molar-refractivity contribution in [1.82, 2.24) is 0 Å². The lowest BCUT2D eigenvalue weighted by Gasteiger charge is -2.40. The summed E-state index contributed by atoms with van der Waals surface area (Å²) in [6, 6.07) is 5.37. The van der Waals surface area contributed by atoms with Crippen molar-refractivity contribution in [2.75, 3.05) is 18.0 Å². The first-order valence-electron chi connectivity index (χ1n) is 7.73. The summed E-state index contributed by atoms with van der Waals surface area (Å²) in [5.41, 5.74) is 8.14. The topological polar surface area (TPSA) is 29.3 Å². The minimum absolute atomic E-state index is 0.0173. The van der Waals surface area contributed by atoms with E-state index < -0.39 is 0 Å². The number of piperidine rings is 1. The van der Waals surface area contributed by atoms with Gasteiger partial charge in [-0.1, -0.05) is 26.3 Å². The van der Waals surface area contributed by atoms with Crippen molar-refractivity contribution in [2.24, 2.45) is 11.1 Å². The number of benzene rings is 1. The molecular formula is C17H27FN2. The first-order valence-corrected chi connectivity index (χ1v) is 7.73. The number of nitrogens with zero attached hydrogens (tertiary/aromatic N) is 1. The van der Waals surface area contributed by atoms with E-state index in [1.165, 1.54) is 19.3 Å². The molecule has 1 atom stereocenters. The lowest BCUT2D eigenvalue weighted by atomic mass is 9.78. The van der Waals surface area contributed by atoms with Crippen LogP contribution in [0.2, 0.25) is 0 Å². The first kappa shape index (κ1) is 15.3. The van der Waals surface area contributed by atoms with Crippen molar-refractivity contribution in [1.29, 1.82) is 0 Å². The second-order valence-corrected chi connectivity index (χ2v) is 6.57. The third-order valence-electron chi connectivity index (χ3n) is 4.79. The summed E-state index contributed by atoms with van der Waals surface area (Å²) in [5.74, 6) is -0.122. The van der Waals surface area contributed by atoms with E-state index in [0.717, 1.165) is 24.3 Å². The van der Waals surface area contributed by atoms with Gasteiger partial charge in [0.1, 0.15) is 5.82 Å². The fourth-order valence-electron chi connectivity index (χ4n) is 3.01. The van der Waals surface area contributed by atoms with E-state index in [0.29, 0.717) is 11.8 Å². The molecule has 1 aromatic carbocycles. The minimum atomic E-state index is -0.122. The smallest absolute Gasteiger partial charge is 0.128 e. The summed E-state index contributed by atoms with van der Waals surface area (Å²) in [6.45, 7) is 8.58. The second-order valence-electron chi connectivity index (χ2n) is 6.57. The van der Waals surface area contributed by atoms with Crippen molar-refractivity contribution >= 4 is 5.69 Å². The van der Waals surface area contributed by atoms with Crippen LogP contribution >= 0.6 is 0 Å². The highest BCUT2D eigenvalue weighted by atomic mass is 19.1. The summed E-state index contributed by atoms with van der Waals surface area (Å²) in [6.07, 6.45) is 4.18. The van der Waals surface area contributed by atoms with E-state index in [-0.39, 0.29) is 11.9 Å². The van der Waals surface area contributed by atoms with Gasteiger partial charge < -0.3 is 10.6 Å². The maximum atomic E-state index is 14.1. The van der Waals surface area contributed by atoms with Crippen LogP contribution in [0.5, 0.6) is 0 Å². The van der Waals surface area contributed by atoms with Crippen LogP contribution in [0, 0.1) is 11.2 Å². The van der Waals surface area contributed by atoms with E-state index in [1.807, 2.05) is 19.1 Å². The third kappa shape index (κ3) is 3.32. The van der Waals surface area contributed by atoms with Gasteiger partial charge in [-0.25, -0.2) is 4.39 Å². The molecule has 1 heterocycles. The zero-order valence-electron chi connectivity index (χ0n) is 13.0. The van der Waals surface area contributed by atoms with Crippen LogP contribution in [0.1, 0.15) is 45.6 Å². The molecule has 1 unspecified atom stereocenters. The Kier molecular flexibility index (Phi) is 4.69. The molecule has 1 saturated heterocycles. The quantitative estimate of drug-likeness (QED) is 0.909. The number of hydrogen-bond donors (Lipinski definition) is 1. The molecular weight excluding hydrogens is 251 g/mol. The summed E-state index contributed by atoms with van der Waals surface area (Å²) in [5, 5.41) is 0. The van der Waals surface area contributed by atoms with Gasteiger partial charge in [-0.3, -0.25) is 0 Å². The standard InChI is InChI=1S/C17H27FN2/c1-4-17(3)8-10-20(11-9-17)16-7-5-6-15(18)14(16)12-13(2)19/h5-7,13H,4,8-12,19H2,1-3H3. The predicted molar refractivity (Wildman–Crippen MR) is 83.6 cm³/mol. The molecule has 0 bridgehead atoms.